The summed E-state index contributed by atoms with van der Waals surface area (Å²) in [5.74, 6) is -0.326. The number of rotatable bonds is 4. The van der Waals surface area contributed by atoms with Gasteiger partial charge in [-0.1, -0.05) is 28.1 Å². The van der Waals surface area contributed by atoms with Crippen LogP contribution in [0, 0.1) is 5.82 Å². The molecule has 1 N–H and O–H groups in total. The molecule has 0 saturated heterocycles. The van der Waals surface area contributed by atoms with Crippen LogP contribution in [-0.4, -0.2) is 15.5 Å². The Labute approximate surface area is 124 Å². The number of sulfonamides is 1. The first-order chi connectivity index (χ1) is 9.42. The van der Waals surface area contributed by atoms with Gasteiger partial charge in [0.25, 0.3) is 10.0 Å². The van der Waals surface area contributed by atoms with Crippen molar-refractivity contribution in [1.82, 2.24) is 0 Å². The Morgan fingerprint density at radius 3 is 2.55 bits per heavy atom. The maximum Gasteiger partial charge on any atom is 0.264 e. The van der Waals surface area contributed by atoms with Crippen molar-refractivity contribution >= 4 is 31.6 Å². The van der Waals surface area contributed by atoms with Gasteiger partial charge in [0.2, 0.25) is 0 Å². The molecule has 106 valence electrons. The van der Waals surface area contributed by atoms with Gasteiger partial charge in [-0.15, -0.1) is 0 Å². The van der Waals surface area contributed by atoms with Gasteiger partial charge in [-0.2, -0.15) is 0 Å². The lowest BCUT2D eigenvalue weighted by Gasteiger charge is -2.10. The SMILES string of the molecule is COc1cc(Br)cc(NS(=O)(=O)c2ccccc2F)c1. The first-order valence-electron chi connectivity index (χ1n) is 5.54. The zero-order valence-corrected chi connectivity index (χ0v) is 12.8. The summed E-state index contributed by atoms with van der Waals surface area (Å²) in [6.45, 7) is 0. The smallest absolute Gasteiger partial charge is 0.264 e. The van der Waals surface area contributed by atoms with Crippen molar-refractivity contribution in [2.75, 3.05) is 11.8 Å². The number of ether oxygens (including phenoxy) is 1. The average molecular weight is 360 g/mol. The lowest BCUT2D eigenvalue weighted by Crippen LogP contribution is -2.14. The minimum Gasteiger partial charge on any atom is -0.497 e. The van der Waals surface area contributed by atoms with Crippen molar-refractivity contribution in [1.29, 1.82) is 0 Å². The lowest BCUT2D eigenvalue weighted by molar-refractivity contribution is 0.415. The third-order valence-corrected chi connectivity index (χ3v) is 4.36. The molecule has 0 fully saturated rings. The van der Waals surface area contributed by atoms with Gasteiger partial charge in [0.1, 0.15) is 16.5 Å². The van der Waals surface area contributed by atoms with E-state index < -0.39 is 20.7 Å². The van der Waals surface area contributed by atoms with Crippen LogP contribution in [0.5, 0.6) is 5.75 Å². The van der Waals surface area contributed by atoms with E-state index in [1.807, 2.05) is 0 Å². The first kappa shape index (κ1) is 14.8. The standard InChI is InChI=1S/C13H11BrFNO3S/c1-19-11-7-9(14)6-10(8-11)16-20(17,18)13-5-3-2-4-12(13)15/h2-8,16H,1H3. The Balaban J connectivity index is 2.38. The molecule has 0 spiro atoms. The molecule has 2 rings (SSSR count). The van der Waals surface area contributed by atoms with Gasteiger partial charge in [0.05, 0.1) is 12.8 Å². The molecule has 0 amide bonds. The van der Waals surface area contributed by atoms with Gasteiger partial charge < -0.3 is 4.74 Å². The molecule has 0 atom stereocenters. The summed E-state index contributed by atoms with van der Waals surface area (Å²) in [4.78, 5) is -0.404. The largest absolute Gasteiger partial charge is 0.497 e. The van der Waals surface area contributed by atoms with Crippen LogP contribution >= 0.6 is 15.9 Å². The van der Waals surface area contributed by atoms with Crippen molar-refractivity contribution in [3.8, 4) is 5.75 Å². The normalized spacial score (nSPS) is 11.2. The Bertz CT molecular complexity index is 734. The quantitative estimate of drug-likeness (QED) is 0.909. The zero-order valence-electron chi connectivity index (χ0n) is 10.4. The number of anilines is 1. The topological polar surface area (TPSA) is 55.4 Å². The number of hydrogen-bond acceptors (Lipinski definition) is 3. The van der Waals surface area contributed by atoms with Gasteiger partial charge in [0, 0.05) is 10.5 Å². The Morgan fingerprint density at radius 1 is 1.20 bits per heavy atom. The summed E-state index contributed by atoms with van der Waals surface area (Å²) < 4.78 is 45.8. The highest BCUT2D eigenvalue weighted by molar-refractivity contribution is 9.10. The maximum absolute atomic E-state index is 13.6. The van der Waals surface area contributed by atoms with E-state index in [0.29, 0.717) is 10.2 Å². The van der Waals surface area contributed by atoms with Gasteiger partial charge in [-0.05, 0) is 24.3 Å². The highest BCUT2D eigenvalue weighted by Crippen LogP contribution is 2.26. The van der Waals surface area contributed by atoms with E-state index in [0.717, 1.165) is 6.07 Å². The van der Waals surface area contributed by atoms with E-state index in [1.54, 1.807) is 12.1 Å². The average Bonchev–Trinajstić information content (AvgIpc) is 2.37. The number of hydrogen-bond donors (Lipinski definition) is 1. The van der Waals surface area contributed by atoms with Gasteiger partial charge in [-0.3, -0.25) is 4.72 Å². The van der Waals surface area contributed by atoms with Crippen LogP contribution in [0.3, 0.4) is 0 Å². The summed E-state index contributed by atoms with van der Waals surface area (Å²) in [6.07, 6.45) is 0. The monoisotopic (exact) mass is 359 g/mol. The van der Waals surface area contributed by atoms with E-state index in [-0.39, 0.29) is 5.69 Å². The summed E-state index contributed by atoms with van der Waals surface area (Å²) >= 11 is 3.24. The van der Waals surface area contributed by atoms with Crippen LogP contribution in [-0.2, 0) is 10.0 Å². The van der Waals surface area contributed by atoms with Gasteiger partial charge >= 0.3 is 0 Å². The molecule has 20 heavy (non-hydrogen) atoms. The van der Waals surface area contributed by atoms with E-state index >= 15 is 0 Å². The molecule has 0 radical (unpaired) electrons. The summed E-state index contributed by atoms with van der Waals surface area (Å²) in [7, 11) is -2.52. The van der Waals surface area contributed by atoms with E-state index in [1.165, 1.54) is 31.4 Å². The predicted octanol–water partition coefficient (Wildman–Crippen LogP) is 3.40. The van der Waals surface area contributed by atoms with Crippen molar-refractivity contribution in [2.24, 2.45) is 0 Å². The molecule has 0 aliphatic rings. The maximum atomic E-state index is 13.6. The van der Waals surface area contributed by atoms with Crippen molar-refractivity contribution in [2.45, 2.75) is 4.90 Å². The lowest BCUT2D eigenvalue weighted by atomic mass is 10.3. The second kappa shape index (κ2) is 5.80. The van der Waals surface area contributed by atoms with Crippen LogP contribution in [0.1, 0.15) is 0 Å². The molecule has 4 nitrogen and oxygen atoms in total. The number of nitrogens with one attached hydrogen (secondary N) is 1. The minimum atomic E-state index is -3.99. The first-order valence-corrected chi connectivity index (χ1v) is 7.82. The molecule has 0 aliphatic carbocycles. The number of methoxy groups -OCH3 is 1. The fourth-order valence-corrected chi connectivity index (χ4v) is 3.21. The van der Waals surface area contributed by atoms with Crippen LogP contribution in [0.2, 0.25) is 0 Å². The second-order valence-electron chi connectivity index (χ2n) is 3.92. The van der Waals surface area contributed by atoms with Crippen LogP contribution in [0.25, 0.3) is 0 Å². The van der Waals surface area contributed by atoms with Crippen molar-refractivity contribution in [3.05, 3.63) is 52.8 Å². The molecule has 0 aromatic heterocycles. The highest BCUT2D eigenvalue weighted by atomic mass is 79.9. The van der Waals surface area contributed by atoms with E-state index in [4.69, 9.17) is 4.74 Å². The Kier molecular flexibility index (Phi) is 4.29. The molecule has 2 aromatic rings. The number of benzene rings is 2. The minimum absolute atomic E-state index is 0.277. The molecule has 7 heteroatoms. The van der Waals surface area contributed by atoms with Crippen LogP contribution in [0.15, 0.2) is 51.8 Å². The summed E-state index contributed by atoms with van der Waals surface area (Å²) in [6, 6.07) is 9.92. The molecule has 0 unspecified atom stereocenters. The fraction of sp³-hybridized carbons (Fsp3) is 0.0769. The predicted molar refractivity (Wildman–Crippen MR) is 77.9 cm³/mol. The third-order valence-electron chi connectivity index (χ3n) is 2.49. The molecular formula is C13H11BrFNO3S. The van der Waals surface area contributed by atoms with Gasteiger partial charge in [0.15, 0.2) is 0 Å². The molecule has 0 heterocycles. The molecule has 0 saturated carbocycles. The van der Waals surface area contributed by atoms with Crippen LogP contribution < -0.4 is 9.46 Å². The van der Waals surface area contributed by atoms with Crippen molar-refractivity contribution < 1.29 is 17.5 Å². The second-order valence-corrected chi connectivity index (χ2v) is 6.48. The van der Waals surface area contributed by atoms with E-state index in [2.05, 4.69) is 20.7 Å². The van der Waals surface area contributed by atoms with Gasteiger partial charge in [-0.25, -0.2) is 12.8 Å². The summed E-state index contributed by atoms with van der Waals surface area (Å²) in [5.41, 5.74) is 0.277. The molecular weight excluding hydrogens is 349 g/mol. The fourth-order valence-electron chi connectivity index (χ4n) is 1.61. The molecule has 0 aliphatic heterocycles. The van der Waals surface area contributed by atoms with Crippen LogP contribution in [0.4, 0.5) is 10.1 Å². The highest BCUT2D eigenvalue weighted by Gasteiger charge is 2.18. The summed E-state index contributed by atoms with van der Waals surface area (Å²) in [5, 5.41) is 0. The Hall–Kier alpha value is -1.60. The number of halogens is 2. The third kappa shape index (κ3) is 3.29. The zero-order chi connectivity index (χ0) is 14.8. The van der Waals surface area contributed by atoms with Crippen molar-refractivity contribution in [3.63, 3.8) is 0 Å². The van der Waals surface area contributed by atoms with E-state index in [9.17, 15) is 12.8 Å². The molecule has 0 bridgehead atoms. The Morgan fingerprint density at radius 2 is 1.90 bits per heavy atom. The molecule has 2 aromatic carbocycles.